The summed E-state index contributed by atoms with van der Waals surface area (Å²) in [4.78, 5) is 47.0. The van der Waals surface area contributed by atoms with Gasteiger partial charge in [-0.05, 0) is 29.8 Å². The van der Waals surface area contributed by atoms with E-state index in [1.54, 1.807) is 17.0 Å². The highest BCUT2D eigenvalue weighted by atomic mass is 35.5. The molecule has 1 saturated heterocycles. The van der Waals surface area contributed by atoms with E-state index in [4.69, 9.17) is 22.3 Å². The van der Waals surface area contributed by atoms with Crippen molar-refractivity contribution in [2.45, 2.75) is 6.54 Å². The van der Waals surface area contributed by atoms with Gasteiger partial charge in [0.05, 0.1) is 28.8 Å². The number of hydrogen-bond donors (Lipinski definition) is 1. The first kappa shape index (κ1) is 25.4. The minimum Gasteiger partial charge on any atom is -0.339 e. The molecule has 36 heavy (non-hydrogen) atoms. The van der Waals surface area contributed by atoms with Gasteiger partial charge in [-0.15, -0.1) is 0 Å². The minimum atomic E-state index is -0.890. The number of nitrogen functional groups attached to an aromatic ring is 1. The molecule has 1 aliphatic rings. The normalized spacial score (nSPS) is 14.3. The van der Waals surface area contributed by atoms with Crippen molar-refractivity contribution in [1.29, 1.82) is 0 Å². The maximum atomic E-state index is 13.5. The third kappa shape index (κ3) is 4.83. The molecule has 1 aromatic heterocycles. The highest BCUT2D eigenvalue weighted by Crippen LogP contribution is 2.30. The molecule has 2 N–H and O–H groups in total. The van der Waals surface area contributed by atoms with Crippen LogP contribution in [0.2, 0.25) is 5.02 Å². The summed E-state index contributed by atoms with van der Waals surface area (Å²) in [6, 6.07) is 9.23. The molecule has 9 nitrogen and oxygen atoms in total. The predicted molar refractivity (Wildman–Crippen MR) is 133 cm³/mol. The standard InChI is InChI=1S/C25H25ClFN5O4/c1-15-12-30(13-16-4-6-17(27)7-5-16)8-9-31(15)24(34)19-10-18-20(23(33)25(35)29(2)36-3)14-32(28)22(18)11-21(19)26/h4-7,10-11,14H,1,8-9,12-13,28H2,2-3H3. The number of fused-ring (bicyclic) bond motifs is 1. The van der Waals surface area contributed by atoms with Crippen LogP contribution in [0.15, 0.2) is 54.9 Å². The Hall–Kier alpha value is -3.73. The topological polar surface area (TPSA) is 101 Å². The predicted octanol–water partition coefficient (Wildman–Crippen LogP) is 2.82. The fourth-order valence-corrected chi connectivity index (χ4v) is 4.39. The van der Waals surface area contributed by atoms with Crippen LogP contribution in [0.4, 0.5) is 4.39 Å². The van der Waals surface area contributed by atoms with Gasteiger partial charge in [0.25, 0.3) is 11.7 Å². The lowest BCUT2D eigenvalue weighted by molar-refractivity contribution is -0.162. The number of ketones is 1. The zero-order chi connectivity index (χ0) is 26.1. The maximum absolute atomic E-state index is 13.5. The summed E-state index contributed by atoms with van der Waals surface area (Å²) in [5.74, 6) is 3.58. The van der Waals surface area contributed by atoms with Gasteiger partial charge in [-0.25, -0.2) is 9.45 Å². The van der Waals surface area contributed by atoms with Crippen molar-refractivity contribution in [3.63, 3.8) is 0 Å². The van der Waals surface area contributed by atoms with Gasteiger partial charge in [-0.2, -0.15) is 0 Å². The van der Waals surface area contributed by atoms with Crippen LogP contribution in [0.1, 0.15) is 26.3 Å². The number of carbonyl (C=O) groups excluding carboxylic acids is 3. The number of Topliss-reactive ketones (excluding diaryl/α,β-unsaturated/α-hetero) is 1. The van der Waals surface area contributed by atoms with Crippen molar-refractivity contribution in [2.24, 2.45) is 0 Å². The average Bonchev–Trinajstić information content (AvgIpc) is 3.18. The third-order valence-corrected chi connectivity index (χ3v) is 6.46. The summed E-state index contributed by atoms with van der Waals surface area (Å²) in [5.41, 5.74) is 2.10. The number of rotatable bonds is 6. The molecule has 188 valence electrons. The fraction of sp³-hybridized carbons (Fsp3) is 0.240. The summed E-state index contributed by atoms with van der Waals surface area (Å²) in [6.07, 6.45) is 1.31. The Labute approximate surface area is 212 Å². The number of hydrogen-bond acceptors (Lipinski definition) is 6. The lowest BCUT2D eigenvalue weighted by atomic mass is 10.0. The minimum absolute atomic E-state index is 0.0232. The first-order valence-electron chi connectivity index (χ1n) is 11.0. The van der Waals surface area contributed by atoms with Crippen LogP contribution >= 0.6 is 11.6 Å². The van der Waals surface area contributed by atoms with Crippen LogP contribution < -0.4 is 5.84 Å². The first-order chi connectivity index (χ1) is 17.1. The maximum Gasteiger partial charge on any atom is 0.318 e. The van der Waals surface area contributed by atoms with Gasteiger partial charge in [-0.1, -0.05) is 30.3 Å². The van der Waals surface area contributed by atoms with Gasteiger partial charge in [0.2, 0.25) is 0 Å². The molecule has 0 atom stereocenters. The number of likely N-dealkylation sites (N-methyl/N-ethyl adjacent to an activating group) is 1. The quantitative estimate of drug-likeness (QED) is 0.235. The van der Waals surface area contributed by atoms with Crippen LogP contribution in [-0.4, -0.2) is 70.9 Å². The van der Waals surface area contributed by atoms with E-state index in [1.165, 1.54) is 49.3 Å². The molecule has 0 unspecified atom stereocenters. The molecule has 0 bridgehead atoms. The highest BCUT2D eigenvalue weighted by molar-refractivity contribution is 6.45. The molecular weight excluding hydrogens is 489 g/mol. The Morgan fingerprint density at radius 1 is 1.17 bits per heavy atom. The van der Waals surface area contributed by atoms with Crippen LogP contribution in [-0.2, 0) is 16.2 Å². The average molecular weight is 514 g/mol. The molecule has 11 heteroatoms. The van der Waals surface area contributed by atoms with Crippen LogP contribution in [0.5, 0.6) is 0 Å². The molecule has 0 saturated carbocycles. The number of nitrogens with zero attached hydrogens (tertiary/aromatic N) is 4. The zero-order valence-electron chi connectivity index (χ0n) is 19.8. The summed E-state index contributed by atoms with van der Waals surface area (Å²) in [5, 5.41) is 1.27. The Bertz CT molecular complexity index is 1370. The number of piperazine rings is 1. The number of carbonyl (C=O) groups is 3. The summed E-state index contributed by atoms with van der Waals surface area (Å²) < 4.78 is 14.4. The van der Waals surface area contributed by atoms with Gasteiger partial charge >= 0.3 is 5.91 Å². The van der Waals surface area contributed by atoms with Crippen molar-refractivity contribution in [2.75, 3.05) is 39.6 Å². The van der Waals surface area contributed by atoms with Crippen molar-refractivity contribution in [3.05, 3.63) is 82.4 Å². The largest absolute Gasteiger partial charge is 0.339 e. The van der Waals surface area contributed by atoms with Gasteiger partial charge < -0.3 is 10.7 Å². The number of halogens is 2. The fourth-order valence-electron chi connectivity index (χ4n) is 4.15. The second kappa shape index (κ2) is 10.1. The van der Waals surface area contributed by atoms with Crippen molar-refractivity contribution in [3.8, 4) is 0 Å². The molecule has 2 aromatic carbocycles. The lowest BCUT2D eigenvalue weighted by Crippen LogP contribution is -2.46. The van der Waals surface area contributed by atoms with E-state index in [0.29, 0.717) is 42.8 Å². The summed E-state index contributed by atoms with van der Waals surface area (Å²) in [7, 11) is 2.58. The molecule has 2 amide bonds. The van der Waals surface area contributed by atoms with Crippen LogP contribution in [0.25, 0.3) is 10.9 Å². The van der Waals surface area contributed by atoms with E-state index in [1.807, 2.05) is 0 Å². The Kier molecular flexibility index (Phi) is 7.11. The molecule has 0 aliphatic carbocycles. The molecule has 4 rings (SSSR count). The molecule has 1 aliphatic heterocycles. The summed E-state index contributed by atoms with van der Waals surface area (Å²) >= 11 is 6.44. The van der Waals surface area contributed by atoms with Gasteiger partial charge in [0.1, 0.15) is 5.82 Å². The monoisotopic (exact) mass is 513 g/mol. The van der Waals surface area contributed by atoms with E-state index >= 15 is 0 Å². The van der Waals surface area contributed by atoms with Crippen molar-refractivity contribution >= 4 is 40.1 Å². The molecule has 0 radical (unpaired) electrons. The number of nitrogens with two attached hydrogens (primary N) is 1. The Morgan fingerprint density at radius 2 is 1.86 bits per heavy atom. The van der Waals surface area contributed by atoms with Gasteiger partial charge in [-0.3, -0.25) is 28.8 Å². The van der Waals surface area contributed by atoms with E-state index in [2.05, 4.69) is 11.5 Å². The summed E-state index contributed by atoms with van der Waals surface area (Å²) in [6.45, 7) is 6.03. The SMILES string of the molecule is C=C1CN(Cc2ccc(F)cc2)CCN1C(=O)c1cc2c(C(=O)C(=O)N(C)OC)cn(N)c2cc1Cl. The van der Waals surface area contributed by atoms with Gasteiger partial charge in [0, 0.05) is 50.5 Å². The number of aromatic nitrogens is 1. The van der Waals surface area contributed by atoms with E-state index in [-0.39, 0.29) is 27.9 Å². The molecule has 0 spiro atoms. The van der Waals surface area contributed by atoms with Crippen molar-refractivity contribution < 1.29 is 23.6 Å². The van der Waals surface area contributed by atoms with E-state index in [0.717, 1.165) is 10.6 Å². The van der Waals surface area contributed by atoms with Crippen LogP contribution in [0.3, 0.4) is 0 Å². The van der Waals surface area contributed by atoms with Gasteiger partial charge in [0.15, 0.2) is 0 Å². The van der Waals surface area contributed by atoms with E-state index < -0.39 is 11.7 Å². The number of benzene rings is 2. The zero-order valence-corrected chi connectivity index (χ0v) is 20.6. The van der Waals surface area contributed by atoms with Crippen LogP contribution in [0, 0.1) is 5.82 Å². The number of hydroxylamine groups is 2. The highest BCUT2D eigenvalue weighted by Gasteiger charge is 2.29. The third-order valence-electron chi connectivity index (χ3n) is 6.14. The molecule has 2 heterocycles. The smallest absolute Gasteiger partial charge is 0.318 e. The first-order valence-corrected chi connectivity index (χ1v) is 11.4. The number of amides is 2. The van der Waals surface area contributed by atoms with E-state index in [9.17, 15) is 18.8 Å². The second-order valence-electron chi connectivity index (χ2n) is 8.47. The molecule has 1 fully saturated rings. The second-order valence-corrected chi connectivity index (χ2v) is 8.88. The Morgan fingerprint density at radius 3 is 2.50 bits per heavy atom. The Balaban J connectivity index is 1.57. The lowest BCUT2D eigenvalue weighted by Gasteiger charge is -2.36. The van der Waals surface area contributed by atoms with Crippen molar-refractivity contribution in [1.82, 2.24) is 19.5 Å². The molecule has 3 aromatic rings. The molecular formula is C25H25ClFN5O4.